The number of thioether (sulfide) groups is 1. The Morgan fingerprint density at radius 3 is 2.83 bits per heavy atom. The maximum atomic E-state index is 12.6. The third-order valence-corrected chi connectivity index (χ3v) is 4.81. The maximum Gasteiger partial charge on any atom is 0.282 e. The Balaban J connectivity index is 1.88. The minimum atomic E-state index is -0.512. The molecule has 1 atom stereocenters. The molecule has 23 heavy (non-hydrogen) atoms. The second kappa shape index (κ2) is 6.42. The van der Waals surface area contributed by atoms with Crippen molar-refractivity contribution in [3.63, 3.8) is 0 Å². The van der Waals surface area contributed by atoms with Crippen LogP contribution >= 0.6 is 11.8 Å². The number of nitrogens with zero attached hydrogens (tertiary/aromatic N) is 1. The fraction of sp³-hybridized carbons (Fsp3) is 0.235. The molecule has 0 saturated heterocycles. The molecule has 0 heterocycles. The molecule has 1 aliphatic rings. The van der Waals surface area contributed by atoms with Crippen LogP contribution in [0.15, 0.2) is 47.4 Å². The minimum absolute atomic E-state index is 0.0868. The molecule has 6 heteroatoms. The first-order valence-electron chi connectivity index (χ1n) is 7.31. The van der Waals surface area contributed by atoms with Gasteiger partial charge in [-0.25, -0.2) is 0 Å². The third-order valence-electron chi connectivity index (χ3n) is 4.08. The van der Waals surface area contributed by atoms with E-state index in [0.717, 1.165) is 23.3 Å². The first-order valence-corrected chi connectivity index (χ1v) is 8.53. The van der Waals surface area contributed by atoms with Crippen LogP contribution in [-0.4, -0.2) is 17.1 Å². The van der Waals surface area contributed by atoms with Gasteiger partial charge in [0.15, 0.2) is 0 Å². The number of nitrogens with one attached hydrogen (secondary N) is 1. The number of rotatable bonds is 4. The monoisotopic (exact) mass is 328 g/mol. The summed E-state index contributed by atoms with van der Waals surface area (Å²) in [6.07, 6.45) is 3.60. The Morgan fingerprint density at radius 2 is 2.09 bits per heavy atom. The molecular formula is C17H16N2O3S. The Labute approximate surface area is 138 Å². The summed E-state index contributed by atoms with van der Waals surface area (Å²) in [6, 6.07) is 12.5. The zero-order chi connectivity index (χ0) is 16.4. The lowest BCUT2D eigenvalue weighted by Gasteiger charge is -2.14. The van der Waals surface area contributed by atoms with Crippen molar-refractivity contribution >= 4 is 23.4 Å². The number of aryl methyl sites for hydroxylation is 1. The van der Waals surface area contributed by atoms with Crippen molar-refractivity contribution in [3.05, 3.63) is 69.3 Å². The van der Waals surface area contributed by atoms with E-state index in [1.807, 2.05) is 24.5 Å². The van der Waals surface area contributed by atoms with E-state index < -0.39 is 10.8 Å². The predicted molar refractivity (Wildman–Crippen MR) is 89.8 cm³/mol. The predicted octanol–water partition coefficient (Wildman–Crippen LogP) is 3.73. The number of benzene rings is 2. The quantitative estimate of drug-likeness (QED) is 0.527. The van der Waals surface area contributed by atoms with E-state index >= 15 is 0 Å². The summed E-state index contributed by atoms with van der Waals surface area (Å²) in [5.74, 6) is -0.394. The highest BCUT2D eigenvalue weighted by molar-refractivity contribution is 7.98. The van der Waals surface area contributed by atoms with Gasteiger partial charge in [-0.3, -0.25) is 14.9 Å². The summed E-state index contributed by atoms with van der Waals surface area (Å²) in [4.78, 5) is 24.1. The highest BCUT2D eigenvalue weighted by atomic mass is 32.2. The highest BCUT2D eigenvalue weighted by Gasteiger charge is 2.27. The molecule has 1 N–H and O–H groups in total. The van der Waals surface area contributed by atoms with Crippen LogP contribution in [0.4, 0.5) is 5.69 Å². The van der Waals surface area contributed by atoms with Crippen LogP contribution in [0.25, 0.3) is 0 Å². The normalized spacial score (nSPS) is 16.0. The molecule has 0 fully saturated rings. The number of nitro groups is 1. The van der Waals surface area contributed by atoms with E-state index in [1.54, 1.807) is 12.1 Å². The van der Waals surface area contributed by atoms with Crippen molar-refractivity contribution in [3.8, 4) is 0 Å². The van der Waals surface area contributed by atoms with Gasteiger partial charge in [0.1, 0.15) is 5.56 Å². The number of nitro benzene ring substituents is 1. The minimum Gasteiger partial charge on any atom is -0.345 e. The number of carbonyl (C=O) groups excluding carboxylic acids is 1. The SMILES string of the molecule is CSc1ccc([N+](=O)[O-])c(C(=O)NC2CCc3ccccc32)c1. The fourth-order valence-corrected chi connectivity index (χ4v) is 3.37. The van der Waals surface area contributed by atoms with Gasteiger partial charge in [-0.2, -0.15) is 0 Å². The third kappa shape index (κ3) is 3.07. The summed E-state index contributed by atoms with van der Waals surface area (Å²) in [7, 11) is 0. The van der Waals surface area contributed by atoms with Gasteiger partial charge < -0.3 is 5.32 Å². The van der Waals surface area contributed by atoms with Gasteiger partial charge in [0, 0.05) is 11.0 Å². The smallest absolute Gasteiger partial charge is 0.282 e. The van der Waals surface area contributed by atoms with Crippen LogP contribution in [0.2, 0.25) is 0 Å². The van der Waals surface area contributed by atoms with Crippen LogP contribution in [0.3, 0.4) is 0 Å². The Hall–Kier alpha value is -2.34. The molecule has 0 spiro atoms. The molecule has 0 bridgehead atoms. The first kappa shape index (κ1) is 15.6. The molecule has 1 unspecified atom stereocenters. The Bertz CT molecular complexity index is 776. The van der Waals surface area contributed by atoms with Crippen molar-refractivity contribution in [1.29, 1.82) is 0 Å². The summed E-state index contributed by atoms with van der Waals surface area (Å²) in [5, 5.41) is 14.1. The maximum absolute atomic E-state index is 12.6. The molecule has 3 rings (SSSR count). The van der Waals surface area contributed by atoms with E-state index in [-0.39, 0.29) is 17.3 Å². The lowest BCUT2D eigenvalue weighted by molar-refractivity contribution is -0.385. The molecule has 0 aromatic heterocycles. The zero-order valence-electron chi connectivity index (χ0n) is 12.6. The number of amides is 1. The topological polar surface area (TPSA) is 72.2 Å². The van der Waals surface area contributed by atoms with Gasteiger partial charge in [-0.05, 0) is 42.4 Å². The van der Waals surface area contributed by atoms with Gasteiger partial charge in [0.2, 0.25) is 0 Å². The van der Waals surface area contributed by atoms with Crippen LogP contribution in [-0.2, 0) is 6.42 Å². The molecule has 0 saturated carbocycles. The fourth-order valence-electron chi connectivity index (χ4n) is 2.93. The standard InChI is InChI=1S/C17H16N2O3S/c1-23-12-7-9-16(19(21)22)14(10-12)17(20)18-15-8-6-11-4-2-3-5-13(11)15/h2-5,7,9-10,15H,6,8H2,1H3,(H,18,20). The van der Waals surface area contributed by atoms with E-state index in [2.05, 4.69) is 11.4 Å². The molecule has 1 amide bonds. The van der Waals surface area contributed by atoms with Crippen molar-refractivity contribution in [2.45, 2.75) is 23.8 Å². The Morgan fingerprint density at radius 1 is 1.30 bits per heavy atom. The second-order valence-corrected chi connectivity index (χ2v) is 6.28. The zero-order valence-corrected chi connectivity index (χ0v) is 13.4. The lowest BCUT2D eigenvalue weighted by atomic mass is 10.1. The molecular weight excluding hydrogens is 312 g/mol. The number of carbonyl (C=O) groups is 1. The van der Waals surface area contributed by atoms with E-state index in [1.165, 1.54) is 23.4 Å². The number of hydrogen-bond acceptors (Lipinski definition) is 4. The molecule has 2 aromatic rings. The molecule has 0 aliphatic heterocycles. The molecule has 118 valence electrons. The number of hydrogen-bond donors (Lipinski definition) is 1. The van der Waals surface area contributed by atoms with Crippen LogP contribution < -0.4 is 5.32 Å². The molecule has 0 radical (unpaired) electrons. The average Bonchev–Trinajstić information content (AvgIpc) is 2.97. The van der Waals surface area contributed by atoms with Gasteiger partial charge in [-0.1, -0.05) is 24.3 Å². The Kier molecular flexibility index (Phi) is 4.34. The van der Waals surface area contributed by atoms with Crippen molar-refractivity contribution in [2.24, 2.45) is 0 Å². The van der Waals surface area contributed by atoms with Gasteiger partial charge in [-0.15, -0.1) is 11.8 Å². The summed E-state index contributed by atoms with van der Waals surface area (Å²) in [6.45, 7) is 0. The van der Waals surface area contributed by atoms with Crippen LogP contribution in [0, 0.1) is 10.1 Å². The van der Waals surface area contributed by atoms with Crippen molar-refractivity contribution in [1.82, 2.24) is 5.32 Å². The van der Waals surface area contributed by atoms with Gasteiger partial charge in [0.05, 0.1) is 11.0 Å². The van der Waals surface area contributed by atoms with Crippen LogP contribution in [0.5, 0.6) is 0 Å². The second-order valence-electron chi connectivity index (χ2n) is 5.40. The summed E-state index contributed by atoms with van der Waals surface area (Å²) in [5.41, 5.74) is 2.28. The van der Waals surface area contributed by atoms with E-state index in [0.29, 0.717) is 0 Å². The first-order chi connectivity index (χ1) is 11.1. The van der Waals surface area contributed by atoms with E-state index in [9.17, 15) is 14.9 Å². The highest BCUT2D eigenvalue weighted by Crippen LogP contribution is 2.32. The summed E-state index contributed by atoms with van der Waals surface area (Å²) < 4.78 is 0. The van der Waals surface area contributed by atoms with Gasteiger partial charge in [0.25, 0.3) is 11.6 Å². The van der Waals surface area contributed by atoms with Crippen molar-refractivity contribution in [2.75, 3.05) is 6.26 Å². The van der Waals surface area contributed by atoms with E-state index in [4.69, 9.17) is 0 Å². The van der Waals surface area contributed by atoms with Gasteiger partial charge >= 0.3 is 0 Å². The average molecular weight is 328 g/mol. The van der Waals surface area contributed by atoms with Crippen LogP contribution in [0.1, 0.15) is 33.9 Å². The molecule has 2 aromatic carbocycles. The molecule has 1 aliphatic carbocycles. The lowest BCUT2D eigenvalue weighted by Crippen LogP contribution is -2.27. The number of fused-ring (bicyclic) bond motifs is 1. The van der Waals surface area contributed by atoms with Crippen molar-refractivity contribution < 1.29 is 9.72 Å². The summed E-state index contributed by atoms with van der Waals surface area (Å²) >= 11 is 1.45. The molecule has 5 nitrogen and oxygen atoms in total. The largest absolute Gasteiger partial charge is 0.345 e.